The van der Waals surface area contributed by atoms with E-state index < -0.39 is 11.7 Å². The molecule has 5 heteroatoms. The molecule has 1 N–H and O–H groups in total. The lowest BCUT2D eigenvalue weighted by Crippen LogP contribution is -2.10. The van der Waals surface area contributed by atoms with Gasteiger partial charge < -0.3 is 5.32 Å². The van der Waals surface area contributed by atoms with E-state index in [-0.39, 0.29) is 5.69 Å². The first-order chi connectivity index (χ1) is 9.05. The van der Waals surface area contributed by atoms with E-state index in [1.54, 1.807) is 17.8 Å². The lowest BCUT2D eigenvalue weighted by atomic mass is 10.2. The molecule has 0 aliphatic rings. The molecule has 0 fully saturated rings. The van der Waals surface area contributed by atoms with Crippen molar-refractivity contribution in [1.29, 1.82) is 0 Å². The van der Waals surface area contributed by atoms with Gasteiger partial charge in [-0.2, -0.15) is 13.2 Å². The van der Waals surface area contributed by atoms with Crippen LogP contribution in [0.25, 0.3) is 0 Å². The summed E-state index contributed by atoms with van der Waals surface area (Å²) in [5.41, 5.74) is -0.433. The Kier molecular flexibility index (Phi) is 7.13. The van der Waals surface area contributed by atoms with Crippen molar-refractivity contribution in [1.82, 2.24) is 0 Å². The number of alkyl halides is 3. The van der Waals surface area contributed by atoms with Gasteiger partial charge in [-0.3, -0.25) is 0 Å². The third-order valence-electron chi connectivity index (χ3n) is 2.74. The molecule has 0 saturated heterocycles. The number of rotatable bonds is 8. The van der Waals surface area contributed by atoms with Crippen LogP contribution in [-0.4, -0.2) is 11.6 Å². The first kappa shape index (κ1) is 16.2. The summed E-state index contributed by atoms with van der Waals surface area (Å²) < 4.78 is 38.1. The van der Waals surface area contributed by atoms with Gasteiger partial charge in [0.05, 0.1) is 11.4 Å². The Morgan fingerprint density at radius 3 is 2.53 bits per heavy atom. The van der Waals surface area contributed by atoms with Crippen molar-refractivity contribution in [3.05, 3.63) is 29.8 Å². The summed E-state index contributed by atoms with van der Waals surface area (Å²) in [6.45, 7) is 2.16. The van der Waals surface area contributed by atoms with Gasteiger partial charge in [0.1, 0.15) is 0 Å². The fourth-order valence-corrected chi connectivity index (χ4v) is 2.53. The molecule has 0 aliphatic heterocycles. The van der Waals surface area contributed by atoms with Gasteiger partial charge in [-0.05, 0) is 24.3 Å². The Bertz CT molecular complexity index is 366. The van der Waals surface area contributed by atoms with Gasteiger partial charge in [-0.25, -0.2) is 0 Å². The minimum absolute atomic E-state index is 0.163. The van der Waals surface area contributed by atoms with Crippen molar-refractivity contribution in [3.63, 3.8) is 0 Å². The second-order valence-electron chi connectivity index (χ2n) is 4.33. The molecule has 0 amide bonds. The molecule has 0 aliphatic carbocycles. The van der Waals surface area contributed by atoms with Crippen LogP contribution in [0, 0.1) is 0 Å². The summed E-state index contributed by atoms with van der Waals surface area (Å²) in [5.74, 6) is 1.50. The molecule has 0 aromatic heterocycles. The number of thioether (sulfide) groups is 1. The normalized spacial score (nSPS) is 11.6. The molecule has 1 rings (SSSR count). The lowest BCUT2D eigenvalue weighted by Gasteiger charge is -2.14. The summed E-state index contributed by atoms with van der Waals surface area (Å²) >= 11 is 1.64. The van der Waals surface area contributed by atoms with E-state index >= 15 is 0 Å². The van der Waals surface area contributed by atoms with Crippen LogP contribution in [0.3, 0.4) is 0 Å². The van der Waals surface area contributed by atoms with Crippen LogP contribution >= 0.6 is 11.8 Å². The quantitative estimate of drug-likeness (QED) is 0.509. The van der Waals surface area contributed by atoms with Crippen molar-refractivity contribution in [2.24, 2.45) is 0 Å². The Morgan fingerprint density at radius 2 is 1.84 bits per heavy atom. The molecule has 0 unspecified atom stereocenters. The maximum Gasteiger partial charge on any atom is 0.418 e. The van der Waals surface area contributed by atoms with Crippen LogP contribution in [0.15, 0.2) is 24.3 Å². The molecule has 0 bridgehead atoms. The summed E-state index contributed by atoms with van der Waals surface area (Å²) in [7, 11) is 0. The van der Waals surface area contributed by atoms with Crippen LogP contribution in [0.4, 0.5) is 18.9 Å². The lowest BCUT2D eigenvalue weighted by molar-refractivity contribution is -0.136. The van der Waals surface area contributed by atoms with E-state index in [9.17, 15) is 13.2 Å². The molecule has 19 heavy (non-hydrogen) atoms. The highest BCUT2D eigenvalue weighted by Crippen LogP contribution is 2.34. The predicted molar refractivity (Wildman–Crippen MR) is 76.5 cm³/mol. The van der Waals surface area contributed by atoms with E-state index in [0.717, 1.165) is 18.2 Å². The average Bonchev–Trinajstić information content (AvgIpc) is 2.37. The highest BCUT2D eigenvalue weighted by molar-refractivity contribution is 7.99. The molecule has 0 saturated carbocycles. The summed E-state index contributed by atoms with van der Waals surface area (Å²) in [6, 6.07) is 5.60. The topological polar surface area (TPSA) is 12.0 Å². The maximum absolute atomic E-state index is 12.7. The Hall–Kier alpha value is -0.840. The number of anilines is 1. The van der Waals surface area contributed by atoms with E-state index in [2.05, 4.69) is 12.2 Å². The monoisotopic (exact) mass is 291 g/mol. The van der Waals surface area contributed by atoms with Gasteiger partial charge in [0, 0.05) is 5.69 Å². The molecule has 1 aromatic rings. The standard InChI is InChI=1S/C14H20F3NS/c1-2-3-4-7-10-19-11-18-13-9-6-5-8-12(13)14(15,16)17/h5-6,8-9,18H,2-4,7,10-11H2,1H3. The predicted octanol–water partition coefficient (Wildman–Crippen LogP) is 5.39. The molecule has 108 valence electrons. The smallest absolute Gasteiger partial charge is 0.376 e. The third-order valence-corrected chi connectivity index (χ3v) is 3.67. The van der Waals surface area contributed by atoms with Crippen LogP contribution in [0.1, 0.15) is 38.2 Å². The van der Waals surface area contributed by atoms with Crippen LogP contribution in [0.2, 0.25) is 0 Å². The van der Waals surface area contributed by atoms with Crippen LogP contribution in [-0.2, 0) is 6.18 Å². The average molecular weight is 291 g/mol. The maximum atomic E-state index is 12.7. The Balaban J connectivity index is 2.33. The summed E-state index contributed by atoms with van der Waals surface area (Å²) in [5, 5.41) is 2.85. The fraction of sp³-hybridized carbons (Fsp3) is 0.571. The molecule has 1 nitrogen and oxygen atoms in total. The number of para-hydroxylation sites is 1. The molecule has 0 spiro atoms. The second kappa shape index (κ2) is 8.35. The molecular weight excluding hydrogens is 271 g/mol. The number of hydrogen-bond donors (Lipinski definition) is 1. The van der Waals surface area contributed by atoms with Gasteiger partial charge in [-0.15, -0.1) is 11.8 Å². The van der Waals surface area contributed by atoms with Crippen molar-refractivity contribution in [3.8, 4) is 0 Å². The molecule has 1 aromatic carbocycles. The number of halogens is 3. The SMILES string of the molecule is CCCCCCSCNc1ccccc1C(F)(F)F. The molecule has 0 heterocycles. The molecular formula is C14H20F3NS. The summed E-state index contributed by atoms with van der Waals surface area (Å²) in [4.78, 5) is 0. The second-order valence-corrected chi connectivity index (χ2v) is 5.44. The minimum Gasteiger partial charge on any atom is -0.376 e. The van der Waals surface area contributed by atoms with Gasteiger partial charge in [0.15, 0.2) is 0 Å². The van der Waals surface area contributed by atoms with Crippen LogP contribution < -0.4 is 5.32 Å². The van der Waals surface area contributed by atoms with Crippen molar-refractivity contribution in [2.45, 2.75) is 38.8 Å². The Morgan fingerprint density at radius 1 is 1.11 bits per heavy atom. The first-order valence-corrected chi connectivity index (χ1v) is 7.69. The molecule has 0 radical (unpaired) electrons. The molecule has 0 atom stereocenters. The van der Waals surface area contributed by atoms with E-state index in [1.807, 2.05) is 0 Å². The van der Waals surface area contributed by atoms with Crippen molar-refractivity contribution in [2.75, 3.05) is 16.9 Å². The largest absolute Gasteiger partial charge is 0.418 e. The first-order valence-electron chi connectivity index (χ1n) is 6.53. The van der Waals surface area contributed by atoms with Crippen molar-refractivity contribution < 1.29 is 13.2 Å². The van der Waals surface area contributed by atoms with Gasteiger partial charge >= 0.3 is 6.18 Å². The van der Waals surface area contributed by atoms with E-state index in [0.29, 0.717) is 5.88 Å². The zero-order valence-corrected chi connectivity index (χ0v) is 11.9. The third kappa shape index (κ3) is 6.23. The zero-order chi connectivity index (χ0) is 14.1. The minimum atomic E-state index is -4.30. The van der Waals surface area contributed by atoms with Gasteiger partial charge in [-0.1, -0.05) is 38.3 Å². The zero-order valence-electron chi connectivity index (χ0n) is 11.1. The van der Waals surface area contributed by atoms with Crippen molar-refractivity contribution >= 4 is 17.4 Å². The van der Waals surface area contributed by atoms with Crippen LogP contribution in [0.5, 0.6) is 0 Å². The number of benzene rings is 1. The fourth-order valence-electron chi connectivity index (χ4n) is 1.72. The summed E-state index contributed by atoms with van der Waals surface area (Å²) in [6.07, 6.45) is 0.450. The highest BCUT2D eigenvalue weighted by Gasteiger charge is 2.32. The van der Waals surface area contributed by atoms with E-state index in [1.165, 1.54) is 31.4 Å². The number of unbranched alkanes of at least 4 members (excludes halogenated alkanes) is 3. The number of hydrogen-bond acceptors (Lipinski definition) is 2. The Labute approximate surface area is 117 Å². The van der Waals surface area contributed by atoms with Gasteiger partial charge in [0.25, 0.3) is 0 Å². The van der Waals surface area contributed by atoms with Gasteiger partial charge in [0.2, 0.25) is 0 Å². The highest BCUT2D eigenvalue weighted by atomic mass is 32.2. The number of nitrogens with one attached hydrogen (secondary N) is 1. The van der Waals surface area contributed by atoms with E-state index in [4.69, 9.17) is 0 Å².